The van der Waals surface area contributed by atoms with Gasteiger partial charge in [0.2, 0.25) is 0 Å². The fourth-order valence-electron chi connectivity index (χ4n) is 0.131. The summed E-state index contributed by atoms with van der Waals surface area (Å²) in [6.45, 7) is -0.0802. The molecule has 100 valence electrons. The van der Waals surface area contributed by atoms with Crippen LogP contribution in [0.3, 0.4) is 0 Å². The van der Waals surface area contributed by atoms with Crippen molar-refractivity contribution in [2.24, 2.45) is 0 Å². The predicted molar refractivity (Wildman–Crippen MR) is 54.1 cm³/mol. The van der Waals surface area contributed by atoms with Crippen LogP contribution < -0.4 is 0 Å². The minimum atomic E-state index is -4.65. The van der Waals surface area contributed by atoms with Crippen molar-refractivity contribution in [1.29, 1.82) is 0 Å². The minimum Gasteiger partial charge on any atom is -0.332 e. The van der Waals surface area contributed by atoms with Crippen LogP contribution in [0.5, 0.6) is 0 Å². The molecule has 0 aliphatic rings. The van der Waals surface area contributed by atoms with Gasteiger partial charge in [-0.3, -0.25) is 8.78 Å². The third-order valence-corrected chi connectivity index (χ3v) is 0.749. The summed E-state index contributed by atoms with van der Waals surface area (Å²) >= 11 is 0. The summed E-state index contributed by atoms with van der Waals surface area (Å²) in [4.78, 5) is 0. The molecule has 8 heteroatoms. The van der Waals surface area contributed by atoms with E-state index < -0.39 is 23.0 Å². The maximum atomic E-state index is 11.3. The topological polar surface area (TPSA) is 43.4 Å². The fraction of sp³-hybridized carbons (Fsp3) is 1.00. The molecular formula is C7H20F4O3S. The Hall–Kier alpha value is -0.370. The third kappa shape index (κ3) is 86.0. The number of alkyl halides is 3. The van der Waals surface area contributed by atoms with Crippen LogP contribution in [-0.2, 0) is 15.0 Å². The second-order valence-corrected chi connectivity index (χ2v) is 2.55. The summed E-state index contributed by atoms with van der Waals surface area (Å²) in [6, 6.07) is 0. The van der Waals surface area contributed by atoms with E-state index in [2.05, 4.69) is 4.74 Å². The van der Waals surface area contributed by atoms with Gasteiger partial charge < -0.3 is 4.74 Å². The van der Waals surface area contributed by atoms with Crippen molar-refractivity contribution in [3.63, 3.8) is 0 Å². The highest BCUT2D eigenvalue weighted by Crippen LogP contribution is 1.90. The Kier molecular flexibility index (Phi) is 45.8. The SMILES string of the molecule is C.C.CCF.CF.O=S(=O)(F)COCF. The van der Waals surface area contributed by atoms with Gasteiger partial charge in [-0.25, -0.2) is 4.39 Å². The molecule has 0 atom stereocenters. The molecule has 15 heavy (non-hydrogen) atoms. The Morgan fingerprint density at radius 3 is 1.47 bits per heavy atom. The average Bonchev–Trinajstić information content (AvgIpc) is 2.05. The maximum Gasteiger partial charge on any atom is 0.326 e. The Bertz CT molecular complexity index is 162. The van der Waals surface area contributed by atoms with Crippen molar-refractivity contribution in [2.45, 2.75) is 21.8 Å². The van der Waals surface area contributed by atoms with E-state index in [9.17, 15) is 25.5 Å². The lowest BCUT2D eigenvalue weighted by molar-refractivity contribution is 0.0868. The normalized spacial score (nSPS) is 7.87. The molecule has 0 aliphatic carbocycles. The van der Waals surface area contributed by atoms with Crippen molar-refractivity contribution in [3.05, 3.63) is 0 Å². The molecule has 0 N–H and O–H groups in total. The molecule has 3 nitrogen and oxygen atoms in total. The first-order valence-electron chi connectivity index (χ1n) is 2.97. The predicted octanol–water partition coefficient (Wildman–Crippen LogP) is 3.02. The molecule has 0 bridgehead atoms. The van der Waals surface area contributed by atoms with E-state index in [1.807, 2.05) is 0 Å². The van der Waals surface area contributed by atoms with Gasteiger partial charge in [-0.1, -0.05) is 14.9 Å². The zero-order valence-electron chi connectivity index (χ0n) is 7.27. The number of hydrogen-bond donors (Lipinski definition) is 0. The van der Waals surface area contributed by atoms with Gasteiger partial charge >= 0.3 is 10.2 Å². The highest BCUT2D eigenvalue weighted by Gasteiger charge is 2.04. The van der Waals surface area contributed by atoms with Crippen LogP contribution in [0.4, 0.5) is 17.1 Å². The zero-order chi connectivity index (χ0) is 11.3. The molecule has 0 radical (unpaired) electrons. The van der Waals surface area contributed by atoms with Crippen molar-refractivity contribution in [1.82, 2.24) is 0 Å². The lowest BCUT2D eigenvalue weighted by Crippen LogP contribution is -2.01. The highest BCUT2D eigenvalue weighted by molar-refractivity contribution is 7.86. The van der Waals surface area contributed by atoms with Gasteiger partial charge in [0, 0.05) is 0 Å². The zero-order valence-corrected chi connectivity index (χ0v) is 8.08. The van der Waals surface area contributed by atoms with Crippen molar-refractivity contribution < 1.29 is 30.2 Å². The Labute approximate surface area is 89.6 Å². The molecule has 0 saturated heterocycles. The minimum absolute atomic E-state index is 0. The van der Waals surface area contributed by atoms with E-state index in [1.54, 1.807) is 0 Å². The van der Waals surface area contributed by atoms with Gasteiger partial charge in [0.25, 0.3) is 0 Å². The maximum absolute atomic E-state index is 11.3. The molecule has 0 rings (SSSR count). The van der Waals surface area contributed by atoms with Crippen LogP contribution in [0.15, 0.2) is 0 Å². The second-order valence-electron chi connectivity index (χ2n) is 1.24. The molecule has 0 aromatic carbocycles. The molecule has 0 unspecified atom stereocenters. The Morgan fingerprint density at radius 2 is 1.40 bits per heavy atom. The Morgan fingerprint density at radius 1 is 1.13 bits per heavy atom. The highest BCUT2D eigenvalue weighted by atomic mass is 32.3. The smallest absolute Gasteiger partial charge is 0.326 e. The summed E-state index contributed by atoms with van der Waals surface area (Å²) in [5.41, 5.74) is 0. The van der Waals surface area contributed by atoms with Crippen LogP contribution in [0.25, 0.3) is 0 Å². The standard InChI is InChI=1S/C2H4F2O3S.C2H5F.CH3F.2CH4/c3-1-7-2-8(4,5)6;1-2-3;1-2;;/h1-2H2;2H2,1H3;1H3;2*1H4. The van der Waals surface area contributed by atoms with E-state index in [0.29, 0.717) is 7.18 Å². The van der Waals surface area contributed by atoms with Gasteiger partial charge in [-0.2, -0.15) is 8.42 Å². The Balaban J connectivity index is -0.0000000415. The van der Waals surface area contributed by atoms with Crippen LogP contribution in [0.2, 0.25) is 0 Å². The first kappa shape index (κ1) is 29.3. The van der Waals surface area contributed by atoms with Gasteiger partial charge in [0.1, 0.15) is 0 Å². The van der Waals surface area contributed by atoms with Crippen molar-refractivity contribution in [3.8, 4) is 0 Å². The molecule has 0 amide bonds. The average molecular weight is 260 g/mol. The fourth-order valence-corrected chi connectivity index (χ4v) is 0.393. The number of rotatable bonds is 3. The largest absolute Gasteiger partial charge is 0.332 e. The first-order valence-corrected chi connectivity index (χ1v) is 4.53. The summed E-state index contributed by atoms with van der Waals surface area (Å²) in [5, 5.41) is 0. The van der Waals surface area contributed by atoms with Gasteiger partial charge in [-0.15, -0.1) is 3.89 Å². The summed E-state index contributed by atoms with van der Waals surface area (Å²) in [7, 11) is -4.15. The summed E-state index contributed by atoms with van der Waals surface area (Å²) < 4.78 is 64.4. The first-order chi connectivity index (χ1) is 5.97. The van der Waals surface area contributed by atoms with Crippen LogP contribution in [-0.4, -0.2) is 35.1 Å². The molecule has 0 spiro atoms. The van der Waals surface area contributed by atoms with E-state index in [0.717, 1.165) is 0 Å². The summed E-state index contributed by atoms with van der Waals surface area (Å²) in [6.07, 6.45) is 0. The number of halogens is 4. The molecular weight excluding hydrogens is 240 g/mol. The van der Waals surface area contributed by atoms with Crippen LogP contribution in [0, 0.1) is 0 Å². The lowest BCUT2D eigenvalue weighted by Gasteiger charge is -1.89. The molecule has 0 aromatic heterocycles. The van der Waals surface area contributed by atoms with E-state index in [-0.39, 0.29) is 21.5 Å². The third-order valence-electron chi connectivity index (χ3n) is 0.301. The van der Waals surface area contributed by atoms with Gasteiger partial charge in [-0.05, 0) is 6.92 Å². The van der Waals surface area contributed by atoms with Gasteiger partial charge in [0.15, 0.2) is 12.8 Å². The number of hydrogen-bond acceptors (Lipinski definition) is 3. The molecule has 0 aliphatic heterocycles. The van der Waals surface area contributed by atoms with E-state index in [4.69, 9.17) is 0 Å². The van der Waals surface area contributed by atoms with E-state index in [1.165, 1.54) is 6.92 Å². The van der Waals surface area contributed by atoms with E-state index >= 15 is 0 Å². The molecule has 0 fully saturated rings. The van der Waals surface area contributed by atoms with Crippen molar-refractivity contribution in [2.75, 3.05) is 26.7 Å². The van der Waals surface area contributed by atoms with Crippen LogP contribution in [0.1, 0.15) is 21.8 Å². The van der Waals surface area contributed by atoms with Crippen molar-refractivity contribution >= 4 is 10.2 Å². The van der Waals surface area contributed by atoms with Crippen LogP contribution >= 0.6 is 0 Å². The quantitative estimate of drug-likeness (QED) is 0.578. The molecule has 0 aromatic rings. The lowest BCUT2D eigenvalue weighted by atomic mass is 10.9. The molecule has 0 saturated carbocycles. The van der Waals surface area contributed by atoms with Gasteiger partial charge in [0.05, 0.1) is 13.9 Å². The number of ether oxygens (including phenoxy) is 1. The monoisotopic (exact) mass is 260 g/mol. The summed E-state index contributed by atoms with van der Waals surface area (Å²) in [5.74, 6) is -1.20. The second kappa shape index (κ2) is 23.4. The molecule has 0 heterocycles.